The highest BCUT2D eigenvalue weighted by Crippen LogP contribution is 2.21. The zero-order valence-electron chi connectivity index (χ0n) is 13.3. The van der Waals surface area contributed by atoms with Crippen molar-refractivity contribution < 1.29 is 8.78 Å². The smallest absolute Gasteiger partial charge is 0.258 e. The first-order valence-electron chi connectivity index (χ1n) is 7.65. The van der Waals surface area contributed by atoms with E-state index in [4.69, 9.17) is 0 Å². The van der Waals surface area contributed by atoms with Gasteiger partial charge in [0.05, 0.1) is 16.9 Å². The van der Waals surface area contributed by atoms with E-state index in [0.29, 0.717) is 22.3 Å². The van der Waals surface area contributed by atoms with E-state index in [9.17, 15) is 13.6 Å². The van der Waals surface area contributed by atoms with Crippen LogP contribution in [0.2, 0.25) is 0 Å². The zero-order chi connectivity index (χ0) is 17.3. The molecular weight excluding hydrogens is 312 g/mol. The maximum Gasteiger partial charge on any atom is 0.258 e. The number of nitrogens with one attached hydrogen (secondary N) is 2. The Balaban J connectivity index is 1.86. The van der Waals surface area contributed by atoms with Gasteiger partial charge in [0.15, 0.2) is 0 Å². The molecule has 3 aromatic rings. The molecule has 0 spiro atoms. The number of aromatic amines is 1. The number of halogens is 2. The summed E-state index contributed by atoms with van der Waals surface area (Å²) >= 11 is 0. The van der Waals surface area contributed by atoms with Crippen LogP contribution in [0.25, 0.3) is 10.9 Å². The van der Waals surface area contributed by atoms with E-state index in [-0.39, 0.29) is 17.6 Å². The van der Waals surface area contributed by atoms with Gasteiger partial charge in [0.25, 0.3) is 5.56 Å². The van der Waals surface area contributed by atoms with Crippen LogP contribution >= 0.6 is 0 Å². The Bertz CT molecular complexity index is 939. The SMILES string of the molecule is C[C@H](N[C@H](C)c1ccc(F)cc1F)c1nc2ccccc2c(=O)[nH]1. The molecule has 0 bridgehead atoms. The van der Waals surface area contributed by atoms with Crippen molar-refractivity contribution in [3.05, 3.63) is 75.8 Å². The Kier molecular flexibility index (Phi) is 4.40. The Labute approximate surface area is 137 Å². The number of aromatic nitrogens is 2. The Hall–Kier alpha value is -2.60. The summed E-state index contributed by atoms with van der Waals surface area (Å²) in [7, 11) is 0. The van der Waals surface area contributed by atoms with Crippen molar-refractivity contribution in [1.82, 2.24) is 15.3 Å². The molecule has 0 aliphatic carbocycles. The number of hydrogen-bond donors (Lipinski definition) is 2. The summed E-state index contributed by atoms with van der Waals surface area (Å²) in [6, 6.07) is 9.85. The van der Waals surface area contributed by atoms with Gasteiger partial charge in [-0.15, -0.1) is 0 Å². The van der Waals surface area contributed by atoms with Crippen LogP contribution in [0.3, 0.4) is 0 Å². The molecule has 4 nitrogen and oxygen atoms in total. The topological polar surface area (TPSA) is 57.8 Å². The van der Waals surface area contributed by atoms with Gasteiger partial charge < -0.3 is 10.3 Å². The molecule has 0 unspecified atom stereocenters. The van der Waals surface area contributed by atoms with Crippen molar-refractivity contribution in [3.8, 4) is 0 Å². The number of fused-ring (bicyclic) bond motifs is 1. The second-order valence-electron chi connectivity index (χ2n) is 5.74. The molecule has 2 atom stereocenters. The molecule has 3 rings (SSSR count). The molecule has 0 amide bonds. The number of nitrogens with zero attached hydrogens (tertiary/aromatic N) is 1. The van der Waals surface area contributed by atoms with Crippen molar-refractivity contribution in [3.63, 3.8) is 0 Å². The van der Waals surface area contributed by atoms with Crippen molar-refractivity contribution in [2.45, 2.75) is 25.9 Å². The normalized spacial score (nSPS) is 13.8. The molecule has 2 N–H and O–H groups in total. The van der Waals surface area contributed by atoms with E-state index < -0.39 is 11.6 Å². The molecule has 0 aliphatic rings. The minimum Gasteiger partial charge on any atom is -0.309 e. The highest BCUT2D eigenvalue weighted by atomic mass is 19.1. The monoisotopic (exact) mass is 329 g/mol. The van der Waals surface area contributed by atoms with E-state index in [2.05, 4.69) is 15.3 Å². The maximum atomic E-state index is 13.9. The highest BCUT2D eigenvalue weighted by Gasteiger charge is 2.17. The van der Waals surface area contributed by atoms with Gasteiger partial charge in [0, 0.05) is 17.7 Å². The van der Waals surface area contributed by atoms with Crippen LogP contribution in [-0.4, -0.2) is 9.97 Å². The lowest BCUT2D eigenvalue weighted by atomic mass is 10.1. The molecule has 2 aromatic carbocycles. The molecular formula is C18H17F2N3O. The van der Waals surface area contributed by atoms with Crippen molar-refractivity contribution in [2.24, 2.45) is 0 Å². The van der Waals surface area contributed by atoms with Gasteiger partial charge in [-0.05, 0) is 32.0 Å². The summed E-state index contributed by atoms with van der Waals surface area (Å²) in [5, 5.41) is 3.69. The van der Waals surface area contributed by atoms with E-state index in [1.54, 1.807) is 25.1 Å². The predicted molar refractivity (Wildman–Crippen MR) is 88.7 cm³/mol. The van der Waals surface area contributed by atoms with E-state index in [0.717, 1.165) is 6.07 Å². The number of hydrogen-bond acceptors (Lipinski definition) is 3. The number of benzene rings is 2. The lowest BCUT2D eigenvalue weighted by Gasteiger charge is -2.20. The first-order valence-corrected chi connectivity index (χ1v) is 7.65. The predicted octanol–water partition coefficient (Wildman–Crippen LogP) is 3.61. The Morgan fingerprint density at radius 1 is 1.08 bits per heavy atom. The molecule has 124 valence electrons. The molecule has 24 heavy (non-hydrogen) atoms. The van der Waals surface area contributed by atoms with Crippen molar-refractivity contribution >= 4 is 10.9 Å². The van der Waals surface area contributed by atoms with Gasteiger partial charge in [-0.3, -0.25) is 4.79 Å². The van der Waals surface area contributed by atoms with Gasteiger partial charge in [-0.1, -0.05) is 18.2 Å². The largest absolute Gasteiger partial charge is 0.309 e. The van der Waals surface area contributed by atoms with Gasteiger partial charge in [-0.2, -0.15) is 0 Å². The van der Waals surface area contributed by atoms with Gasteiger partial charge >= 0.3 is 0 Å². The standard InChI is InChI=1S/C18H17F2N3O/c1-10(13-8-7-12(19)9-15(13)20)21-11(2)17-22-16-6-4-3-5-14(16)18(24)23-17/h3-11,21H,1-2H3,(H,22,23,24)/t10-,11+/m1/s1. The third-order valence-corrected chi connectivity index (χ3v) is 3.97. The summed E-state index contributed by atoms with van der Waals surface area (Å²) in [5.41, 5.74) is 0.738. The summed E-state index contributed by atoms with van der Waals surface area (Å²) in [6.07, 6.45) is 0. The summed E-state index contributed by atoms with van der Waals surface area (Å²) in [6.45, 7) is 3.59. The fraction of sp³-hybridized carbons (Fsp3) is 0.222. The van der Waals surface area contributed by atoms with Gasteiger partial charge in [-0.25, -0.2) is 13.8 Å². The van der Waals surface area contributed by atoms with Crippen LogP contribution in [0.15, 0.2) is 47.3 Å². The van der Waals surface area contributed by atoms with Crippen molar-refractivity contribution in [2.75, 3.05) is 0 Å². The average Bonchev–Trinajstić information content (AvgIpc) is 2.54. The van der Waals surface area contributed by atoms with Crippen LogP contribution in [0, 0.1) is 11.6 Å². The molecule has 6 heteroatoms. The highest BCUT2D eigenvalue weighted by molar-refractivity contribution is 5.77. The van der Waals surface area contributed by atoms with Crippen molar-refractivity contribution in [1.29, 1.82) is 0 Å². The van der Waals surface area contributed by atoms with Gasteiger partial charge in [0.2, 0.25) is 0 Å². The lowest BCUT2D eigenvalue weighted by molar-refractivity contribution is 0.457. The van der Waals surface area contributed by atoms with Crippen LogP contribution < -0.4 is 10.9 Å². The molecule has 0 fully saturated rings. The van der Waals surface area contributed by atoms with E-state index in [1.807, 2.05) is 13.0 Å². The Morgan fingerprint density at radius 3 is 2.58 bits per heavy atom. The summed E-state index contributed by atoms with van der Waals surface area (Å²) in [4.78, 5) is 19.3. The zero-order valence-corrected chi connectivity index (χ0v) is 13.3. The van der Waals surface area contributed by atoms with E-state index >= 15 is 0 Å². The maximum absolute atomic E-state index is 13.9. The van der Waals surface area contributed by atoms with E-state index in [1.165, 1.54) is 12.1 Å². The third-order valence-electron chi connectivity index (χ3n) is 3.97. The Morgan fingerprint density at radius 2 is 1.83 bits per heavy atom. The molecule has 0 radical (unpaired) electrons. The van der Waals surface area contributed by atoms with Crippen LogP contribution in [0.1, 0.15) is 37.3 Å². The quantitative estimate of drug-likeness (QED) is 0.769. The molecule has 0 saturated heterocycles. The molecule has 1 heterocycles. The molecule has 0 saturated carbocycles. The lowest BCUT2D eigenvalue weighted by Crippen LogP contribution is -2.26. The molecule has 1 aromatic heterocycles. The average molecular weight is 329 g/mol. The number of para-hydroxylation sites is 1. The fourth-order valence-electron chi connectivity index (χ4n) is 2.71. The second kappa shape index (κ2) is 6.49. The first-order chi connectivity index (χ1) is 11.5. The first kappa shape index (κ1) is 16.3. The summed E-state index contributed by atoms with van der Waals surface area (Å²) in [5.74, 6) is -0.757. The second-order valence-corrected chi connectivity index (χ2v) is 5.74. The minimum atomic E-state index is -0.614. The van der Waals surface area contributed by atoms with Crippen LogP contribution in [0.5, 0.6) is 0 Å². The fourth-order valence-corrected chi connectivity index (χ4v) is 2.71. The van der Waals surface area contributed by atoms with Crippen LogP contribution in [0.4, 0.5) is 8.78 Å². The number of H-pyrrole nitrogens is 1. The van der Waals surface area contributed by atoms with Gasteiger partial charge in [0.1, 0.15) is 17.5 Å². The number of rotatable bonds is 4. The van der Waals surface area contributed by atoms with Crippen LogP contribution in [-0.2, 0) is 0 Å². The third kappa shape index (κ3) is 3.19. The molecule has 0 aliphatic heterocycles. The minimum absolute atomic E-state index is 0.218. The summed E-state index contributed by atoms with van der Waals surface area (Å²) < 4.78 is 26.9.